The Kier molecular flexibility index (Phi) is 5.81. The molecule has 0 saturated heterocycles. The summed E-state index contributed by atoms with van der Waals surface area (Å²) < 4.78 is 10.7. The van der Waals surface area contributed by atoms with E-state index in [-0.39, 0.29) is 5.91 Å². The molecule has 22 heavy (non-hydrogen) atoms. The highest BCUT2D eigenvalue weighted by Gasteiger charge is 2.15. The van der Waals surface area contributed by atoms with Crippen molar-refractivity contribution in [2.24, 2.45) is 0 Å². The summed E-state index contributed by atoms with van der Waals surface area (Å²) in [4.78, 5) is 12.2. The van der Waals surface area contributed by atoms with Crippen molar-refractivity contribution in [3.8, 4) is 5.75 Å². The van der Waals surface area contributed by atoms with Crippen LogP contribution in [0.15, 0.2) is 48.5 Å². The molecule has 2 aromatic rings. The minimum atomic E-state index is -0.618. The third-order valence-corrected chi connectivity index (χ3v) is 3.25. The minimum absolute atomic E-state index is 0.218. The first kappa shape index (κ1) is 16.3. The van der Waals surface area contributed by atoms with Crippen LogP contribution in [0.5, 0.6) is 5.75 Å². The van der Waals surface area contributed by atoms with Gasteiger partial charge in [-0.05, 0) is 48.9 Å². The predicted octanol–water partition coefficient (Wildman–Crippen LogP) is 3.89. The van der Waals surface area contributed by atoms with Crippen molar-refractivity contribution in [3.05, 3.63) is 59.1 Å². The summed E-state index contributed by atoms with van der Waals surface area (Å²) in [6.07, 6.45) is -0.618. The van der Waals surface area contributed by atoms with E-state index < -0.39 is 6.10 Å². The monoisotopic (exact) mass is 319 g/mol. The molecule has 2 rings (SSSR count). The Labute approximate surface area is 135 Å². The zero-order valence-electron chi connectivity index (χ0n) is 12.5. The Hall–Kier alpha value is -2.04. The Morgan fingerprint density at radius 2 is 1.95 bits per heavy atom. The van der Waals surface area contributed by atoms with Crippen LogP contribution in [-0.2, 0) is 16.1 Å². The molecule has 1 atom stereocenters. The van der Waals surface area contributed by atoms with Crippen molar-refractivity contribution < 1.29 is 14.3 Å². The van der Waals surface area contributed by atoms with E-state index in [0.29, 0.717) is 23.1 Å². The zero-order valence-corrected chi connectivity index (χ0v) is 13.3. The molecule has 0 aromatic heterocycles. The van der Waals surface area contributed by atoms with Crippen molar-refractivity contribution in [3.63, 3.8) is 0 Å². The highest BCUT2D eigenvalue weighted by atomic mass is 35.5. The van der Waals surface area contributed by atoms with E-state index in [1.807, 2.05) is 24.3 Å². The van der Waals surface area contributed by atoms with Gasteiger partial charge in [-0.3, -0.25) is 4.79 Å². The highest BCUT2D eigenvalue weighted by molar-refractivity contribution is 6.30. The number of hydrogen-bond acceptors (Lipinski definition) is 3. The second-order valence-electron chi connectivity index (χ2n) is 4.84. The average molecular weight is 320 g/mol. The third-order valence-electron chi connectivity index (χ3n) is 3.00. The van der Waals surface area contributed by atoms with Crippen LogP contribution < -0.4 is 10.1 Å². The van der Waals surface area contributed by atoms with Crippen LogP contribution in [0.1, 0.15) is 12.5 Å². The molecule has 5 heteroatoms. The molecular formula is C17H18ClNO3. The van der Waals surface area contributed by atoms with Gasteiger partial charge in [-0.2, -0.15) is 0 Å². The van der Waals surface area contributed by atoms with Gasteiger partial charge in [-0.15, -0.1) is 0 Å². The van der Waals surface area contributed by atoms with Crippen molar-refractivity contribution in [1.82, 2.24) is 0 Å². The largest absolute Gasteiger partial charge is 0.481 e. The molecular weight excluding hydrogens is 302 g/mol. The maximum Gasteiger partial charge on any atom is 0.265 e. The van der Waals surface area contributed by atoms with Crippen LogP contribution in [0.3, 0.4) is 0 Å². The molecule has 116 valence electrons. The molecule has 0 aliphatic carbocycles. The fourth-order valence-electron chi connectivity index (χ4n) is 1.92. The average Bonchev–Trinajstić information content (AvgIpc) is 2.50. The summed E-state index contributed by atoms with van der Waals surface area (Å²) in [6, 6.07) is 14.4. The number of anilines is 1. The van der Waals surface area contributed by atoms with E-state index in [2.05, 4.69) is 5.32 Å². The predicted molar refractivity (Wildman–Crippen MR) is 87.3 cm³/mol. The highest BCUT2D eigenvalue weighted by Crippen LogP contribution is 2.18. The lowest BCUT2D eigenvalue weighted by Gasteiger charge is -2.15. The van der Waals surface area contributed by atoms with Crippen molar-refractivity contribution in [2.45, 2.75) is 19.6 Å². The number of amides is 1. The van der Waals surface area contributed by atoms with Crippen molar-refractivity contribution in [2.75, 3.05) is 12.4 Å². The van der Waals surface area contributed by atoms with Gasteiger partial charge in [0.05, 0.1) is 6.61 Å². The quantitative estimate of drug-likeness (QED) is 0.878. The van der Waals surface area contributed by atoms with Gasteiger partial charge >= 0.3 is 0 Å². The van der Waals surface area contributed by atoms with Gasteiger partial charge < -0.3 is 14.8 Å². The van der Waals surface area contributed by atoms with Gasteiger partial charge in [0.25, 0.3) is 5.91 Å². The first-order valence-electron chi connectivity index (χ1n) is 6.89. The Bertz CT molecular complexity index is 628. The zero-order chi connectivity index (χ0) is 15.9. The van der Waals surface area contributed by atoms with Gasteiger partial charge in [-0.25, -0.2) is 0 Å². The van der Waals surface area contributed by atoms with Gasteiger partial charge in [0.15, 0.2) is 6.10 Å². The number of hydrogen-bond donors (Lipinski definition) is 1. The lowest BCUT2D eigenvalue weighted by molar-refractivity contribution is -0.122. The molecule has 1 unspecified atom stereocenters. The number of methoxy groups -OCH3 is 1. The lowest BCUT2D eigenvalue weighted by Crippen LogP contribution is -2.30. The molecule has 4 nitrogen and oxygen atoms in total. The summed E-state index contributed by atoms with van der Waals surface area (Å²) in [5, 5.41) is 3.45. The second kappa shape index (κ2) is 7.82. The van der Waals surface area contributed by atoms with Crippen LogP contribution in [0, 0.1) is 0 Å². The molecule has 0 aliphatic heterocycles. The first-order chi connectivity index (χ1) is 10.6. The smallest absolute Gasteiger partial charge is 0.265 e. The maximum atomic E-state index is 12.2. The number of ether oxygens (including phenoxy) is 2. The molecule has 1 amide bonds. The van der Waals surface area contributed by atoms with E-state index in [4.69, 9.17) is 21.1 Å². The molecule has 0 radical (unpaired) electrons. The van der Waals surface area contributed by atoms with Crippen LogP contribution >= 0.6 is 11.6 Å². The molecule has 2 aromatic carbocycles. The SMILES string of the molecule is COCc1cccc(NC(=O)C(C)Oc2ccc(Cl)cc2)c1. The third kappa shape index (κ3) is 4.76. The molecule has 0 fully saturated rings. The number of benzene rings is 2. The van der Waals surface area contributed by atoms with E-state index in [1.165, 1.54) is 0 Å². The van der Waals surface area contributed by atoms with Crippen molar-refractivity contribution in [1.29, 1.82) is 0 Å². The standard InChI is InChI=1S/C17H18ClNO3/c1-12(22-16-8-6-14(18)7-9-16)17(20)19-15-5-3-4-13(10-15)11-21-2/h3-10,12H,11H2,1-2H3,(H,19,20). The topological polar surface area (TPSA) is 47.6 Å². The van der Waals surface area contributed by atoms with Crippen LogP contribution in [0.4, 0.5) is 5.69 Å². The Morgan fingerprint density at radius 3 is 2.64 bits per heavy atom. The van der Waals surface area contributed by atoms with E-state index >= 15 is 0 Å². The fraction of sp³-hybridized carbons (Fsp3) is 0.235. The van der Waals surface area contributed by atoms with Gasteiger partial charge in [-0.1, -0.05) is 23.7 Å². The minimum Gasteiger partial charge on any atom is -0.481 e. The number of carbonyl (C=O) groups excluding carboxylic acids is 1. The summed E-state index contributed by atoms with van der Waals surface area (Å²) in [6.45, 7) is 2.20. The maximum absolute atomic E-state index is 12.2. The Morgan fingerprint density at radius 1 is 1.23 bits per heavy atom. The summed E-state index contributed by atoms with van der Waals surface area (Å²) in [7, 11) is 1.63. The summed E-state index contributed by atoms with van der Waals surface area (Å²) in [5.74, 6) is 0.379. The van der Waals surface area contributed by atoms with Crippen LogP contribution in [-0.4, -0.2) is 19.1 Å². The van der Waals surface area contributed by atoms with Gasteiger partial charge in [0.1, 0.15) is 5.75 Å². The Balaban J connectivity index is 1.96. The lowest BCUT2D eigenvalue weighted by atomic mass is 10.2. The fourth-order valence-corrected chi connectivity index (χ4v) is 2.05. The molecule has 0 heterocycles. The number of rotatable bonds is 6. The molecule has 0 spiro atoms. The van der Waals surface area contributed by atoms with E-state index in [1.54, 1.807) is 38.3 Å². The molecule has 1 N–H and O–H groups in total. The van der Waals surface area contributed by atoms with E-state index in [0.717, 1.165) is 5.56 Å². The molecule has 0 aliphatic rings. The molecule has 0 saturated carbocycles. The van der Waals surface area contributed by atoms with Gasteiger partial charge in [0, 0.05) is 17.8 Å². The number of carbonyl (C=O) groups is 1. The summed E-state index contributed by atoms with van der Waals surface area (Å²) >= 11 is 5.81. The van der Waals surface area contributed by atoms with Crippen LogP contribution in [0.25, 0.3) is 0 Å². The normalized spacial score (nSPS) is 11.8. The van der Waals surface area contributed by atoms with Crippen molar-refractivity contribution >= 4 is 23.2 Å². The van der Waals surface area contributed by atoms with E-state index in [9.17, 15) is 4.79 Å². The first-order valence-corrected chi connectivity index (χ1v) is 7.27. The number of halogens is 1. The van der Waals surface area contributed by atoms with Gasteiger partial charge in [0.2, 0.25) is 0 Å². The number of nitrogens with one attached hydrogen (secondary N) is 1. The van der Waals surface area contributed by atoms with Crippen LogP contribution in [0.2, 0.25) is 5.02 Å². The molecule has 0 bridgehead atoms. The second-order valence-corrected chi connectivity index (χ2v) is 5.27. The summed E-state index contributed by atoms with van der Waals surface area (Å²) in [5.41, 5.74) is 1.71.